The maximum Gasteiger partial charge on any atom is 0.509 e. The van der Waals surface area contributed by atoms with E-state index in [0.717, 1.165) is 15.9 Å². The summed E-state index contributed by atoms with van der Waals surface area (Å²) in [6.07, 6.45) is -4.33. The maximum absolute atomic E-state index is 12.7. The number of amides is 1. The van der Waals surface area contributed by atoms with Gasteiger partial charge in [-0.2, -0.15) is 0 Å². The third-order valence-electron chi connectivity index (χ3n) is 7.73. The highest BCUT2D eigenvalue weighted by Gasteiger charge is 2.53. The number of carbonyl (C=O) groups is 2. The van der Waals surface area contributed by atoms with E-state index in [4.69, 9.17) is 23.4 Å². The Morgan fingerprint density at radius 1 is 0.956 bits per heavy atom. The molecule has 10 heteroatoms. The summed E-state index contributed by atoms with van der Waals surface area (Å²) < 4.78 is 30.4. The van der Waals surface area contributed by atoms with Crippen molar-refractivity contribution in [1.29, 1.82) is 0 Å². The third-order valence-corrected chi connectivity index (χ3v) is 12.7. The molecule has 0 aromatic heterocycles. The predicted molar refractivity (Wildman–Crippen MR) is 173 cm³/mol. The van der Waals surface area contributed by atoms with Gasteiger partial charge < -0.3 is 33.8 Å². The average molecular weight is 634 g/mol. The van der Waals surface area contributed by atoms with Crippen molar-refractivity contribution < 1.29 is 38.1 Å². The zero-order chi connectivity index (χ0) is 32.5. The van der Waals surface area contributed by atoms with E-state index in [0.29, 0.717) is 0 Å². The monoisotopic (exact) mass is 633 g/mol. The van der Waals surface area contributed by atoms with Crippen molar-refractivity contribution in [3.63, 3.8) is 0 Å². The van der Waals surface area contributed by atoms with Crippen molar-refractivity contribution in [3.05, 3.63) is 109 Å². The number of aliphatic hydroxyl groups is 1. The molecular weight excluding hydrogens is 590 g/mol. The highest BCUT2D eigenvalue weighted by atomic mass is 28.4. The lowest BCUT2D eigenvalue weighted by atomic mass is 9.96. The number of hydrogen-bond donors (Lipinski definition) is 2. The molecule has 1 aliphatic heterocycles. The van der Waals surface area contributed by atoms with E-state index >= 15 is 0 Å². The van der Waals surface area contributed by atoms with Gasteiger partial charge in [0.2, 0.25) is 5.91 Å². The van der Waals surface area contributed by atoms with Crippen molar-refractivity contribution in [2.75, 3.05) is 13.2 Å². The smallest absolute Gasteiger partial charge is 0.430 e. The third kappa shape index (κ3) is 8.27. The van der Waals surface area contributed by atoms with Gasteiger partial charge in [0, 0.05) is 6.92 Å². The normalized spacial score (nSPS) is 21.8. The van der Waals surface area contributed by atoms with Crippen LogP contribution in [0.5, 0.6) is 0 Å². The van der Waals surface area contributed by atoms with E-state index < -0.39 is 51.0 Å². The van der Waals surface area contributed by atoms with E-state index in [1.54, 1.807) is 0 Å². The number of benzene rings is 3. The Morgan fingerprint density at radius 3 is 2.02 bits per heavy atom. The van der Waals surface area contributed by atoms with Crippen LogP contribution in [-0.2, 0) is 34.8 Å². The van der Waals surface area contributed by atoms with Gasteiger partial charge in [-0.05, 0) is 21.0 Å². The van der Waals surface area contributed by atoms with E-state index in [1.807, 2.05) is 66.7 Å². The Morgan fingerprint density at radius 2 is 1.51 bits per heavy atom. The molecule has 1 heterocycles. The lowest BCUT2D eigenvalue weighted by molar-refractivity contribution is -0.273. The highest BCUT2D eigenvalue weighted by Crippen LogP contribution is 2.37. The molecule has 0 spiro atoms. The van der Waals surface area contributed by atoms with E-state index in [9.17, 15) is 14.7 Å². The summed E-state index contributed by atoms with van der Waals surface area (Å²) >= 11 is 0. The number of ether oxygens (including phenoxy) is 4. The zero-order valence-corrected chi connectivity index (χ0v) is 27.3. The second-order valence-corrected chi connectivity index (χ2v) is 16.3. The predicted octanol–water partition coefficient (Wildman–Crippen LogP) is 4.08. The minimum Gasteiger partial charge on any atom is -0.430 e. The van der Waals surface area contributed by atoms with Crippen molar-refractivity contribution in [1.82, 2.24) is 5.32 Å². The average Bonchev–Trinajstić information content (AvgIpc) is 3.03. The zero-order valence-electron chi connectivity index (χ0n) is 26.3. The van der Waals surface area contributed by atoms with Crippen LogP contribution >= 0.6 is 0 Å². The minimum atomic E-state index is -3.04. The van der Waals surface area contributed by atoms with E-state index in [2.05, 4.69) is 56.9 Å². The molecule has 0 bridgehead atoms. The summed E-state index contributed by atoms with van der Waals surface area (Å²) in [4.78, 5) is 24.9. The van der Waals surface area contributed by atoms with Crippen LogP contribution < -0.4 is 15.7 Å². The molecule has 1 amide bonds. The standard InChI is InChI=1S/C35H43NO8Si/c1-6-22-40-34(39)44-32-29(43-33(30(31(32)38)36-25(2)37)41-23-26-16-10-7-11-17-26)24-42-45(35(3,4)5,27-18-12-8-13-19-27)28-20-14-9-15-21-28/h6-21,29-33,38H,1,22-24H2,2-5H3,(H,36,37)/t29-,30-,31-,32-,33-/m1/s1. The molecule has 3 aromatic carbocycles. The second-order valence-electron chi connectivity index (χ2n) is 12.0. The summed E-state index contributed by atoms with van der Waals surface area (Å²) in [5, 5.41) is 16.1. The quantitative estimate of drug-likeness (QED) is 0.174. The molecule has 4 rings (SSSR count). The molecule has 45 heavy (non-hydrogen) atoms. The summed E-state index contributed by atoms with van der Waals surface area (Å²) in [5.41, 5.74) is 0.878. The summed E-state index contributed by atoms with van der Waals surface area (Å²) in [7, 11) is -3.04. The fourth-order valence-corrected chi connectivity index (χ4v) is 10.3. The van der Waals surface area contributed by atoms with Crippen molar-refractivity contribution in [2.24, 2.45) is 0 Å². The van der Waals surface area contributed by atoms with Gasteiger partial charge >= 0.3 is 6.16 Å². The van der Waals surface area contributed by atoms with Gasteiger partial charge in [-0.25, -0.2) is 4.79 Å². The molecule has 1 fully saturated rings. The number of hydrogen-bond acceptors (Lipinski definition) is 8. The molecular formula is C35H43NO8Si. The summed E-state index contributed by atoms with van der Waals surface area (Å²) in [5.74, 6) is -0.411. The van der Waals surface area contributed by atoms with Crippen molar-refractivity contribution in [2.45, 2.75) is 70.0 Å². The van der Waals surface area contributed by atoms with Gasteiger partial charge in [-0.1, -0.05) is 124 Å². The Labute approximate surface area is 266 Å². The lowest BCUT2D eigenvalue weighted by Gasteiger charge is -2.47. The first-order valence-electron chi connectivity index (χ1n) is 15.0. The molecule has 0 aliphatic carbocycles. The van der Waals surface area contributed by atoms with Gasteiger partial charge in [-0.3, -0.25) is 4.79 Å². The van der Waals surface area contributed by atoms with Gasteiger partial charge in [-0.15, -0.1) is 0 Å². The molecule has 9 nitrogen and oxygen atoms in total. The fraction of sp³-hybridized carbons (Fsp3) is 0.371. The first kappa shape index (κ1) is 34.1. The van der Waals surface area contributed by atoms with Gasteiger partial charge in [0.15, 0.2) is 12.4 Å². The van der Waals surface area contributed by atoms with Gasteiger partial charge in [0.1, 0.15) is 24.9 Å². The molecule has 5 atom stereocenters. The summed E-state index contributed by atoms with van der Waals surface area (Å²) in [6.45, 7) is 11.4. The SMILES string of the molecule is C=CCOC(=O)O[C@H]1[C@H](O)[C@@H](NC(C)=O)[C@H](OCc2ccccc2)O[C@@H]1CO[Si](c1ccccc1)(c1ccccc1)C(C)(C)C. The molecule has 0 radical (unpaired) electrons. The number of aliphatic hydroxyl groups excluding tert-OH is 1. The maximum atomic E-state index is 12.7. The van der Waals surface area contributed by atoms with Crippen LogP contribution in [0.15, 0.2) is 104 Å². The first-order valence-corrected chi connectivity index (χ1v) is 16.9. The van der Waals surface area contributed by atoms with Crippen LogP contribution in [0.25, 0.3) is 0 Å². The molecule has 1 saturated heterocycles. The summed E-state index contributed by atoms with van der Waals surface area (Å²) in [6, 6.07) is 28.6. The Hall–Kier alpha value is -3.80. The molecule has 3 aromatic rings. The van der Waals surface area contributed by atoms with Crippen LogP contribution in [0, 0.1) is 0 Å². The van der Waals surface area contributed by atoms with Crippen molar-refractivity contribution in [3.8, 4) is 0 Å². The number of carbonyl (C=O) groups excluding carboxylic acids is 2. The van der Waals surface area contributed by atoms with Crippen LogP contribution in [-0.4, -0.2) is 69.3 Å². The molecule has 2 N–H and O–H groups in total. The molecule has 0 saturated carbocycles. The van der Waals surface area contributed by atoms with Crippen LogP contribution in [0.3, 0.4) is 0 Å². The van der Waals surface area contributed by atoms with E-state index in [1.165, 1.54) is 13.0 Å². The Balaban J connectivity index is 1.72. The largest absolute Gasteiger partial charge is 0.509 e. The molecule has 0 unspecified atom stereocenters. The number of rotatable bonds is 12. The topological polar surface area (TPSA) is 113 Å². The van der Waals surface area contributed by atoms with Crippen LogP contribution in [0.2, 0.25) is 5.04 Å². The van der Waals surface area contributed by atoms with Crippen LogP contribution in [0.4, 0.5) is 4.79 Å². The van der Waals surface area contributed by atoms with Crippen LogP contribution in [0.1, 0.15) is 33.3 Å². The molecule has 240 valence electrons. The highest BCUT2D eigenvalue weighted by molar-refractivity contribution is 6.99. The van der Waals surface area contributed by atoms with Crippen molar-refractivity contribution >= 4 is 30.8 Å². The Kier molecular flexibility index (Phi) is 11.7. The minimum absolute atomic E-state index is 0.0538. The first-order chi connectivity index (χ1) is 21.6. The van der Waals surface area contributed by atoms with Gasteiger partial charge in [0.25, 0.3) is 8.32 Å². The van der Waals surface area contributed by atoms with E-state index in [-0.39, 0.29) is 24.9 Å². The fourth-order valence-electron chi connectivity index (χ4n) is 5.72. The second kappa shape index (κ2) is 15.5. The van der Waals surface area contributed by atoms with Gasteiger partial charge in [0.05, 0.1) is 13.2 Å². The molecule has 1 aliphatic rings. The Bertz CT molecular complexity index is 1340. The lowest BCUT2D eigenvalue weighted by Crippen LogP contribution is -2.69. The number of nitrogens with one attached hydrogen (secondary N) is 1.